The summed E-state index contributed by atoms with van der Waals surface area (Å²) in [5.74, 6) is -0.0169. The molecule has 7 nitrogen and oxygen atoms in total. The van der Waals surface area contributed by atoms with E-state index in [1.165, 1.54) is 17.8 Å². The Morgan fingerprint density at radius 1 is 1.25 bits per heavy atom. The van der Waals surface area contributed by atoms with Gasteiger partial charge in [-0.3, -0.25) is 4.79 Å². The van der Waals surface area contributed by atoms with Crippen molar-refractivity contribution >= 4 is 50.9 Å². The van der Waals surface area contributed by atoms with Gasteiger partial charge in [0.15, 0.2) is 0 Å². The molecule has 1 saturated heterocycles. The lowest BCUT2D eigenvalue weighted by molar-refractivity contribution is -0.134. The summed E-state index contributed by atoms with van der Waals surface area (Å²) in [6, 6.07) is 2.89. The molecule has 2 heterocycles. The Labute approximate surface area is 179 Å². The molecule has 0 bridgehead atoms. The third kappa shape index (κ3) is 4.29. The number of sulfonamides is 1. The van der Waals surface area contributed by atoms with Crippen molar-refractivity contribution in [2.45, 2.75) is 16.7 Å². The smallest absolute Gasteiger partial charge is 0.242 e. The summed E-state index contributed by atoms with van der Waals surface area (Å²) in [5, 5.41) is 7.51. The van der Waals surface area contributed by atoms with Crippen LogP contribution in [-0.4, -0.2) is 68.8 Å². The summed E-state index contributed by atoms with van der Waals surface area (Å²) in [4.78, 5) is 17.6. The molecule has 1 fully saturated rings. The molecule has 1 aromatic carbocycles. The maximum absolute atomic E-state index is 12.8. The molecule has 11 heteroatoms. The van der Waals surface area contributed by atoms with Gasteiger partial charge in [0.1, 0.15) is 9.77 Å². The largest absolute Gasteiger partial charge is 0.349 e. The highest BCUT2D eigenvalue weighted by molar-refractivity contribution is 8.03. The second-order valence-electron chi connectivity index (χ2n) is 7.01. The number of benzene rings is 1. The fourth-order valence-corrected chi connectivity index (χ4v) is 6.16. The van der Waals surface area contributed by atoms with E-state index in [2.05, 4.69) is 4.90 Å². The first-order valence-electron chi connectivity index (χ1n) is 8.62. The number of hydrogen-bond donors (Lipinski definition) is 1. The Balaban J connectivity index is 1.93. The zero-order chi connectivity index (χ0) is 20.7. The van der Waals surface area contributed by atoms with E-state index in [1.54, 1.807) is 17.2 Å². The van der Waals surface area contributed by atoms with Crippen molar-refractivity contribution in [1.82, 2.24) is 14.7 Å². The third-order valence-electron chi connectivity index (χ3n) is 5.04. The van der Waals surface area contributed by atoms with E-state index in [9.17, 15) is 13.2 Å². The molecule has 3 rings (SSSR count). The minimum Gasteiger partial charge on any atom is -0.349 e. The van der Waals surface area contributed by atoms with E-state index in [0.717, 1.165) is 13.1 Å². The molecule has 2 aliphatic rings. The van der Waals surface area contributed by atoms with Gasteiger partial charge in [0, 0.05) is 43.0 Å². The summed E-state index contributed by atoms with van der Waals surface area (Å²) in [6.07, 6.45) is 1.78. The molecule has 154 valence electrons. The number of hydrogen-bond acceptors (Lipinski definition) is 6. The van der Waals surface area contributed by atoms with E-state index in [0.29, 0.717) is 23.7 Å². The molecule has 1 amide bonds. The average Bonchev–Trinajstić information content (AvgIpc) is 2.95. The van der Waals surface area contributed by atoms with Crippen LogP contribution in [0.4, 0.5) is 0 Å². The van der Waals surface area contributed by atoms with Crippen LogP contribution in [0.3, 0.4) is 0 Å². The molecule has 28 heavy (non-hydrogen) atoms. The van der Waals surface area contributed by atoms with Crippen LogP contribution in [0.15, 0.2) is 28.6 Å². The Morgan fingerprint density at radius 2 is 1.89 bits per heavy atom. The van der Waals surface area contributed by atoms with Crippen LogP contribution in [0, 0.1) is 0 Å². The summed E-state index contributed by atoms with van der Waals surface area (Å²) in [6.45, 7) is 4.92. The summed E-state index contributed by atoms with van der Waals surface area (Å²) < 4.78 is 24.4. The lowest BCUT2D eigenvalue weighted by atomic mass is 10.1. The zero-order valence-electron chi connectivity index (χ0n) is 15.6. The quantitative estimate of drug-likeness (QED) is 0.733. The summed E-state index contributed by atoms with van der Waals surface area (Å²) in [7, 11) is -2.07. The molecule has 0 aliphatic carbocycles. The summed E-state index contributed by atoms with van der Waals surface area (Å²) >= 11 is 13.7. The first-order valence-corrected chi connectivity index (χ1v) is 11.8. The number of halogens is 2. The molecule has 1 aromatic rings. The molecule has 0 spiro atoms. The van der Waals surface area contributed by atoms with E-state index >= 15 is 0 Å². The topological polar surface area (TPSA) is 86.9 Å². The Kier molecular flexibility index (Phi) is 6.24. The van der Waals surface area contributed by atoms with Crippen molar-refractivity contribution in [3.05, 3.63) is 39.3 Å². The van der Waals surface area contributed by atoms with Gasteiger partial charge in [-0.15, -0.1) is 0 Å². The minimum atomic E-state index is -4.09. The molecule has 0 radical (unpaired) electrons. The van der Waals surface area contributed by atoms with Crippen LogP contribution >= 0.6 is 35.0 Å². The highest BCUT2D eigenvalue weighted by Crippen LogP contribution is 2.49. The van der Waals surface area contributed by atoms with E-state index in [1.807, 2.05) is 24.3 Å². The van der Waals surface area contributed by atoms with Gasteiger partial charge in [0.25, 0.3) is 0 Å². The lowest BCUT2D eigenvalue weighted by Crippen LogP contribution is -2.51. The molecule has 2 N–H and O–H groups in total. The van der Waals surface area contributed by atoms with Gasteiger partial charge < -0.3 is 14.7 Å². The van der Waals surface area contributed by atoms with Crippen LogP contribution in [0.1, 0.15) is 12.5 Å². The number of nitrogens with zero attached hydrogens (tertiary/aromatic N) is 3. The highest BCUT2D eigenvalue weighted by Gasteiger charge is 2.41. The van der Waals surface area contributed by atoms with Gasteiger partial charge in [-0.25, -0.2) is 13.6 Å². The molecular weight excluding hydrogens is 443 g/mol. The third-order valence-corrected chi connectivity index (χ3v) is 7.85. The van der Waals surface area contributed by atoms with E-state index < -0.39 is 14.9 Å². The molecule has 0 saturated carbocycles. The van der Waals surface area contributed by atoms with Crippen molar-refractivity contribution in [1.29, 1.82) is 0 Å². The maximum atomic E-state index is 12.8. The Bertz CT molecular complexity index is 917. The number of piperazine rings is 1. The number of thioether (sulfide) groups is 1. The molecule has 2 aliphatic heterocycles. The molecule has 0 aromatic heterocycles. The second-order valence-corrected chi connectivity index (χ2v) is 10.7. The monoisotopic (exact) mass is 464 g/mol. The minimum absolute atomic E-state index is 0.0169. The van der Waals surface area contributed by atoms with Crippen LogP contribution in [0.25, 0.3) is 0 Å². The zero-order valence-corrected chi connectivity index (χ0v) is 18.7. The average molecular weight is 465 g/mol. The predicted molar refractivity (Wildman–Crippen MR) is 113 cm³/mol. The summed E-state index contributed by atoms with van der Waals surface area (Å²) in [5.41, 5.74) is 0.355. The first-order chi connectivity index (χ1) is 13.0. The fourth-order valence-electron chi connectivity index (χ4n) is 3.36. The van der Waals surface area contributed by atoms with Crippen molar-refractivity contribution in [2.24, 2.45) is 5.14 Å². The number of primary sulfonamides is 1. The van der Waals surface area contributed by atoms with Gasteiger partial charge in [-0.05, 0) is 31.5 Å². The molecule has 1 atom stereocenters. The van der Waals surface area contributed by atoms with Crippen molar-refractivity contribution < 1.29 is 13.2 Å². The van der Waals surface area contributed by atoms with Crippen LogP contribution in [0.5, 0.6) is 0 Å². The number of likely N-dealkylation sites (N-methyl/N-ethyl adjacent to an activating group) is 1. The van der Waals surface area contributed by atoms with E-state index in [4.69, 9.17) is 28.3 Å². The van der Waals surface area contributed by atoms with Crippen molar-refractivity contribution in [3.63, 3.8) is 0 Å². The van der Waals surface area contributed by atoms with Crippen LogP contribution in [-0.2, 0) is 19.7 Å². The van der Waals surface area contributed by atoms with Gasteiger partial charge in [0.05, 0.1) is 11.6 Å². The van der Waals surface area contributed by atoms with Crippen molar-refractivity contribution in [2.75, 3.05) is 39.8 Å². The van der Waals surface area contributed by atoms with Crippen LogP contribution in [0.2, 0.25) is 10.0 Å². The lowest BCUT2D eigenvalue weighted by Gasteiger charge is -2.39. The first kappa shape index (κ1) is 21.7. The van der Waals surface area contributed by atoms with Crippen LogP contribution < -0.4 is 5.14 Å². The normalized spacial score (nSPS) is 23.5. The highest BCUT2D eigenvalue weighted by atomic mass is 35.5. The fraction of sp³-hybridized carbons (Fsp3) is 0.471. The molecule has 1 unspecified atom stereocenters. The van der Waals surface area contributed by atoms with Gasteiger partial charge in [-0.1, -0.05) is 35.0 Å². The standard InChI is InChI=1S/C17H22Cl2N4O3S2/c1-17(13-9-12(18)10-14(19)16(13)28(20,25)26)23(7-8-27-17)11-15(24)22-5-3-21(2)4-6-22/h7-10H,3-6,11H2,1-2H3,(H2,20,25,26). The maximum Gasteiger partial charge on any atom is 0.242 e. The number of carbonyl (C=O) groups excluding carboxylic acids is 1. The second kappa shape index (κ2) is 8.04. The predicted octanol–water partition coefficient (Wildman–Crippen LogP) is 2.11. The number of nitrogens with two attached hydrogens (primary N) is 1. The van der Waals surface area contributed by atoms with Gasteiger partial charge >= 0.3 is 0 Å². The van der Waals surface area contributed by atoms with Gasteiger partial charge in [0.2, 0.25) is 15.9 Å². The van der Waals surface area contributed by atoms with Crippen molar-refractivity contribution in [3.8, 4) is 0 Å². The Hall–Kier alpha value is -0.970. The SMILES string of the molecule is CN1CCN(C(=O)CN2C=CSC2(C)c2cc(Cl)cc(Cl)c2S(N)(=O)=O)CC1. The van der Waals surface area contributed by atoms with E-state index in [-0.39, 0.29) is 22.4 Å². The number of rotatable bonds is 4. The molecular formula is C17H22Cl2N4O3S2. The van der Waals surface area contributed by atoms with Gasteiger partial charge in [-0.2, -0.15) is 0 Å². The number of carbonyl (C=O) groups is 1. The number of amides is 1. The Morgan fingerprint density at radius 3 is 2.50 bits per heavy atom.